The smallest absolute Gasteiger partial charge is 0.490 e. The van der Waals surface area contributed by atoms with E-state index >= 15 is 0 Å². The predicted octanol–water partition coefficient (Wildman–Crippen LogP) is 2.31. The van der Waals surface area contributed by atoms with Gasteiger partial charge in [0.1, 0.15) is 16.6 Å². The number of likely N-dealkylation sites (tertiary alicyclic amines) is 1. The Kier molecular flexibility index (Phi) is 7.54. The van der Waals surface area contributed by atoms with Gasteiger partial charge in [0.25, 0.3) is 0 Å². The Balaban J connectivity index is 0.000000426. The van der Waals surface area contributed by atoms with Crippen molar-refractivity contribution < 1.29 is 45.8 Å². The molecule has 5 rings (SSSR count). The molecular weight excluding hydrogens is 533 g/mol. The summed E-state index contributed by atoms with van der Waals surface area (Å²) >= 11 is 0. The van der Waals surface area contributed by atoms with Gasteiger partial charge in [0.05, 0.1) is 19.8 Å². The molecule has 38 heavy (non-hydrogen) atoms. The van der Waals surface area contributed by atoms with Crippen LogP contribution in [0.5, 0.6) is 5.75 Å². The summed E-state index contributed by atoms with van der Waals surface area (Å²) < 4.78 is 71.1. The van der Waals surface area contributed by atoms with Crippen LogP contribution < -0.4 is 10.1 Å². The van der Waals surface area contributed by atoms with Crippen LogP contribution in [0.3, 0.4) is 0 Å². The van der Waals surface area contributed by atoms with E-state index in [1.165, 1.54) is 4.31 Å². The topological polar surface area (TPSA) is 138 Å². The van der Waals surface area contributed by atoms with Crippen molar-refractivity contribution in [2.75, 3.05) is 32.1 Å². The molecule has 2 bridgehead atoms. The Morgan fingerprint density at radius 1 is 1.24 bits per heavy atom. The first-order valence-electron chi connectivity index (χ1n) is 11.4. The summed E-state index contributed by atoms with van der Waals surface area (Å²) in [6, 6.07) is 10.5. The van der Waals surface area contributed by atoms with Crippen LogP contribution in [0.25, 0.3) is 0 Å². The number of rotatable bonds is 4. The van der Waals surface area contributed by atoms with Crippen molar-refractivity contribution in [2.24, 2.45) is 0 Å². The molecule has 0 aliphatic carbocycles. The van der Waals surface area contributed by atoms with Gasteiger partial charge in [-0.2, -0.15) is 17.5 Å². The van der Waals surface area contributed by atoms with Crippen LogP contribution in [0.1, 0.15) is 12.0 Å². The van der Waals surface area contributed by atoms with Crippen LogP contribution in [0.2, 0.25) is 0 Å². The van der Waals surface area contributed by atoms with Crippen molar-refractivity contribution >= 4 is 27.7 Å². The Labute approximate surface area is 216 Å². The predicted molar refractivity (Wildman–Crippen MR) is 127 cm³/mol. The van der Waals surface area contributed by atoms with Gasteiger partial charge in [-0.1, -0.05) is 6.07 Å². The Bertz CT molecular complexity index is 1300. The number of sulfonamides is 1. The third kappa shape index (κ3) is 5.68. The number of benzene rings is 1. The average Bonchev–Trinajstić information content (AvgIpc) is 3.23. The van der Waals surface area contributed by atoms with E-state index in [1.807, 2.05) is 0 Å². The molecule has 11 nitrogen and oxygen atoms in total. The Morgan fingerprint density at radius 3 is 2.55 bits per heavy atom. The number of aliphatic carboxylic acids is 1. The molecule has 0 unspecified atom stereocenters. The van der Waals surface area contributed by atoms with E-state index in [9.17, 15) is 26.4 Å². The number of amides is 2. The minimum Gasteiger partial charge on any atom is -0.497 e. The maximum atomic E-state index is 13.3. The van der Waals surface area contributed by atoms with Gasteiger partial charge in [-0.05, 0) is 36.2 Å². The van der Waals surface area contributed by atoms with Gasteiger partial charge in [-0.15, -0.1) is 0 Å². The number of alkyl halides is 3. The maximum absolute atomic E-state index is 13.3. The normalized spacial score (nSPS) is 25.6. The second-order valence-electron chi connectivity index (χ2n) is 9.04. The number of anilines is 1. The monoisotopic (exact) mass is 558 g/mol. The summed E-state index contributed by atoms with van der Waals surface area (Å²) in [4.78, 5) is 27.5. The van der Waals surface area contributed by atoms with Gasteiger partial charge in [-0.3, -0.25) is 4.98 Å². The number of pyridine rings is 1. The van der Waals surface area contributed by atoms with Crippen molar-refractivity contribution in [3.63, 3.8) is 0 Å². The fraction of sp³-hybridized carbons (Fsp3) is 0.435. The zero-order valence-electron chi connectivity index (χ0n) is 20.1. The third-order valence-corrected chi connectivity index (χ3v) is 8.79. The number of carbonyl (C=O) groups excluding carboxylic acids is 1. The first-order valence-corrected chi connectivity index (χ1v) is 12.9. The summed E-state index contributed by atoms with van der Waals surface area (Å²) in [5.74, 6) is -2.11. The van der Waals surface area contributed by atoms with Gasteiger partial charge in [0.2, 0.25) is 10.0 Å². The molecule has 3 atom stereocenters. The van der Waals surface area contributed by atoms with Crippen LogP contribution in [0, 0.1) is 0 Å². The summed E-state index contributed by atoms with van der Waals surface area (Å²) in [6.45, 7) is 1.11. The van der Waals surface area contributed by atoms with Gasteiger partial charge in [0.15, 0.2) is 0 Å². The van der Waals surface area contributed by atoms with Crippen molar-refractivity contribution in [3.05, 3.63) is 54.4 Å². The molecule has 15 heteroatoms. The maximum Gasteiger partial charge on any atom is 0.490 e. The minimum absolute atomic E-state index is 0.232. The Hall–Kier alpha value is -3.43. The summed E-state index contributed by atoms with van der Waals surface area (Å²) in [6.07, 6.45) is -1.67. The lowest BCUT2D eigenvalue weighted by molar-refractivity contribution is -0.192. The number of carboxylic acids is 1. The number of ether oxygens (including phenoxy) is 2. The van der Waals surface area contributed by atoms with Crippen molar-refractivity contribution in [1.82, 2.24) is 14.2 Å². The van der Waals surface area contributed by atoms with E-state index in [0.717, 1.165) is 5.56 Å². The second-order valence-corrected chi connectivity index (χ2v) is 11.2. The van der Waals surface area contributed by atoms with Crippen LogP contribution in [0.4, 0.5) is 23.7 Å². The summed E-state index contributed by atoms with van der Waals surface area (Å²) in [5, 5.41) is 9.37. The molecule has 1 aromatic heterocycles. The molecule has 3 aliphatic heterocycles. The quantitative estimate of drug-likeness (QED) is 0.583. The lowest BCUT2D eigenvalue weighted by Crippen LogP contribution is -2.57. The van der Waals surface area contributed by atoms with Gasteiger partial charge in [0, 0.05) is 43.8 Å². The van der Waals surface area contributed by atoms with Crippen LogP contribution >= 0.6 is 0 Å². The highest BCUT2D eigenvalue weighted by molar-refractivity contribution is 7.90. The zero-order chi connectivity index (χ0) is 27.7. The molecule has 1 aromatic carbocycles. The first-order chi connectivity index (χ1) is 17.8. The molecule has 3 fully saturated rings. The number of hydrogen-bond acceptors (Lipinski definition) is 7. The molecule has 2 aromatic rings. The standard InChI is InChI=1S/C21H24N4O5S.C2HF3O2/c1-29-17-4-2-3-16(9-17)23-20(26)24-12-18-10-19-21(13-24,30-18)14-25(31(19,27)28)11-15-5-7-22-8-6-15;3-2(4,5)1(6)7/h2-9,18-19H,10-14H2,1H3,(H,23,26);(H,6,7)/t18-,19+,21+;/m1./s1. The number of carbonyl (C=O) groups is 2. The van der Waals surface area contributed by atoms with E-state index in [-0.39, 0.29) is 31.8 Å². The fourth-order valence-electron chi connectivity index (χ4n) is 4.84. The largest absolute Gasteiger partial charge is 0.497 e. The number of fused-ring (bicyclic) bond motifs is 1. The molecule has 0 saturated carbocycles. The average molecular weight is 559 g/mol. The lowest BCUT2D eigenvalue weighted by Gasteiger charge is -2.39. The van der Waals surface area contributed by atoms with E-state index in [2.05, 4.69) is 10.3 Å². The number of nitrogens with one attached hydrogen (secondary N) is 1. The number of aromatic nitrogens is 1. The number of morpholine rings is 1. The number of urea groups is 1. The second kappa shape index (κ2) is 10.4. The fourth-order valence-corrected chi connectivity index (χ4v) is 7.13. The molecule has 2 N–H and O–H groups in total. The number of hydrogen-bond donors (Lipinski definition) is 2. The highest BCUT2D eigenvalue weighted by Crippen LogP contribution is 2.47. The van der Waals surface area contributed by atoms with Crippen LogP contribution in [-0.2, 0) is 26.1 Å². The van der Waals surface area contributed by atoms with Crippen molar-refractivity contribution in [1.29, 1.82) is 0 Å². The number of nitrogens with zero attached hydrogens (tertiary/aromatic N) is 3. The minimum atomic E-state index is -5.08. The number of halogens is 3. The van der Waals surface area contributed by atoms with E-state index < -0.39 is 33.0 Å². The molecule has 206 valence electrons. The molecule has 4 heterocycles. The highest BCUT2D eigenvalue weighted by Gasteiger charge is 2.65. The summed E-state index contributed by atoms with van der Waals surface area (Å²) in [7, 11) is -1.96. The van der Waals surface area contributed by atoms with Crippen LogP contribution in [-0.4, -0.2) is 89.6 Å². The molecule has 3 aliphatic rings. The molecule has 1 spiro atoms. The summed E-state index contributed by atoms with van der Waals surface area (Å²) in [5.41, 5.74) is 0.589. The SMILES string of the molecule is COc1cccc(NC(=O)N2C[C@H]3C[C@H]4[C@](C2)(CN(Cc2ccncc2)S4(=O)=O)O3)c1.O=C(O)C(F)(F)F. The van der Waals surface area contributed by atoms with Gasteiger partial charge in [-0.25, -0.2) is 18.0 Å². The van der Waals surface area contributed by atoms with E-state index in [0.29, 0.717) is 24.4 Å². The lowest BCUT2D eigenvalue weighted by atomic mass is 9.99. The first kappa shape index (κ1) is 27.6. The molecular formula is C23H25F3N4O7S. The Morgan fingerprint density at radius 2 is 1.92 bits per heavy atom. The van der Waals surface area contributed by atoms with Crippen molar-refractivity contribution in [3.8, 4) is 5.75 Å². The van der Waals surface area contributed by atoms with Gasteiger partial charge < -0.3 is 24.8 Å². The van der Waals surface area contributed by atoms with Crippen LogP contribution in [0.15, 0.2) is 48.8 Å². The molecule has 2 amide bonds. The van der Waals surface area contributed by atoms with E-state index in [1.54, 1.807) is 60.8 Å². The van der Waals surface area contributed by atoms with Gasteiger partial charge >= 0.3 is 18.2 Å². The molecule has 3 saturated heterocycles. The number of methoxy groups -OCH3 is 1. The third-order valence-electron chi connectivity index (χ3n) is 6.47. The van der Waals surface area contributed by atoms with Crippen molar-refractivity contribution in [2.45, 2.75) is 36.1 Å². The zero-order valence-corrected chi connectivity index (χ0v) is 20.9. The highest BCUT2D eigenvalue weighted by atomic mass is 32.2. The van der Waals surface area contributed by atoms with E-state index in [4.69, 9.17) is 19.4 Å². The number of carboxylic acid groups (broad SMARTS) is 1. The molecule has 0 radical (unpaired) electrons.